The van der Waals surface area contributed by atoms with Gasteiger partial charge in [-0.3, -0.25) is 9.59 Å². The third-order valence-corrected chi connectivity index (χ3v) is 15.5. The maximum atomic E-state index is 12.5. The van der Waals surface area contributed by atoms with E-state index < -0.39 is 12.1 Å². The van der Waals surface area contributed by atoms with E-state index in [9.17, 15) is 19.8 Å². The highest BCUT2D eigenvalue weighted by Gasteiger charge is 2.18. The number of aliphatic hydroxyl groups excluding tert-OH is 2. The minimum Gasteiger partial charge on any atom is -0.466 e. The van der Waals surface area contributed by atoms with Crippen molar-refractivity contribution in [2.45, 2.75) is 379 Å². The number of rotatable bonds is 62. The highest BCUT2D eigenvalue weighted by atomic mass is 16.5. The molecule has 6 nitrogen and oxygen atoms in total. The maximum absolute atomic E-state index is 12.5. The van der Waals surface area contributed by atoms with Crippen molar-refractivity contribution in [1.29, 1.82) is 0 Å². The number of ether oxygens (including phenoxy) is 1. The third-order valence-electron chi connectivity index (χ3n) is 15.5. The zero-order valence-electron chi connectivity index (χ0n) is 49.4. The summed E-state index contributed by atoms with van der Waals surface area (Å²) in [6.45, 7) is 4.91. The average Bonchev–Trinajstić information content (AvgIpc) is 3.39. The smallest absolute Gasteiger partial charge is 0.305 e. The van der Waals surface area contributed by atoms with E-state index in [1.54, 1.807) is 6.08 Å². The van der Waals surface area contributed by atoms with Crippen LogP contribution >= 0.6 is 0 Å². The number of allylic oxidation sites excluding steroid dienone is 3. The first-order valence-electron chi connectivity index (χ1n) is 33.1. The summed E-state index contributed by atoms with van der Waals surface area (Å²) in [4.78, 5) is 24.6. The molecule has 1 amide bonds. The predicted molar refractivity (Wildman–Crippen MR) is 320 cm³/mol. The Morgan fingerprint density at radius 3 is 0.973 bits per heavy atom. The summed E-state index contributed by atoms with van der Waals surface area (Å²) in [7, 11) is 0. The molecule has 0 aliphatic heterocycles. The molecule has 0 saturated carbocycles. The largest absolute Gasteiger partial charge is 0.466 e. The summed E-state index contributed by atoms with van der Waals surface area (Å²) >= 11 is 0. The molecule has 0 fully saturated rings. The van der Waals surface area contributed by atoms with Crippen LogP contribution < -0.4 is 5.32 Å². The molecule has 0 aromatic carbocycles. The van der Waals surface area contributed by atoms with Crippen molar-refractivity contribution in [2.75, 3.05) is 13.2 Å². The van der Waals surface area contributed by atoms with Gasteiger partial charge in [0, 0.05) is 12.8 Å². The van der Waals surface area contributed by atoms with E-state index in [1.807, 2.05) is 6.08 Å². The Hall–Kier alpha value is -1.66. The summed E-state index contributed by atoms with van der Waals surface area (Å²) in [6.07, 6.45) is 78.0. The second-order valence-electron chi connectivity index (χ2n) is 22.8. The number of unbranched alkanes of at least 4 members (excludes halogenated alkanes) is 49. The minimum atomic E-state index is -0.855. The zero-order valence-corrected chi connectivity index (χ0v) is 49.4. The fraction of sp³-hybridized carbons (Fsp3) is 0.910. The molecule has 0 aromatic heterocycles. The summed E-state index contributed by atoms with van der Waals surface area (Å²) in [5, 5.41) is 23.2. The van der Waals surface area contributed by atoms with Crippen LogP contribution in [-0.2, 0) is 14.3 Å². The first-order chi connectivity index (χ1) is 36.0. The lowest BCUT2D eigenvalue weighted by atomic mass is 10.0. The van der Waals surface area contributed by atoms with Gasteiger partial charge in [0.25, 0.3) is 0 Å². The van der Waals surface area contributed by atoms with Crippen LogP contribution in [-0.4, -0.2) is 47.4 Å². The average molecular weight is 1030 g/mol. The van der Waals surface area contributed by atoms with Crippen LogP contribution in [0.2, 0.25) is 0 Å². The standard InChI is InChI=1S/C67H129NO5/c1-3-5-7-9-11-13-15-17-19-21-23-24-25-26-27-28-29-30-32-35-39-43-47-51-55-59-65(70)64(63-69)68-66(71)60-56-52-48-44-40-36-34-38-42-46-50-54-58-62-73-67(72)61-57-53-49-45-41-37-33-31-22-20-18-16-14-12-10-8-6-4-2/h20,22,55,59,64-65,69-70H,3-19,21,23-54,56-58,60-63H2,1-2H3,(H,68,71)/b22-20-,59-55+. The number of hydrogen-bond acceptors (Lipinski definition) is 5. The molecule has 0 aromatic rings. The lowest BCUT2D eigenvalue weighted by Crippen LogP contribution is -2.45. The molecular weight excluding hydrogens is 899 g/mol. The van der Waals surface area contributed by atoms with Gasteiger partial charge in [0.05, 0.1) is 25.4 Å². The van der Waals surface area contributed by atoms with Crippen molar-refractivity contribution in [3.05, 3.63) is 24.3 Å². The van der Waals surface area contributed by atoms with Crippen molar-refractivity contribution in [2.24, 2.45) is 0 Å². The molecule has 432 valence electrons. The third kappa shape index (κ3) is 59.4. The van der Waals surface area contributed by atoms with Crippen LogP contribution in [0.15, 0.2) is 24.3 Å². The highest BCUT2D eigenvalue weighted by Crippen LogP contribution is 2.18. The van der Waals surface area contributed by atoms with Crippen molar-refractivity contribution in [3.8, 4) is 0 Å². The normalized spacial score (nSPS) is 12.7. The molecule has 6 heteroatoms. The Labute approximate surface area is 456 Å². The number of hydrogen-bond donors (Lipinski definition) is 3. The van der Waals surface area contributed by atoms with E-state index in [-0.39, 0.29) is 18.5 Å². The molecule has 0 aliphatic rings. The van der Waals surface area contributed by atoms with E-state index in [0.29, 0.717) is 19.4 Å². The minimum absolute atomic E-state index is 0.00860. The Kier molecular flexibility index (Phi) is 61.4. The molecule has 0 bridgehead atoms. The van der Waals surface area contributed by atoms with Gasteiger partial charge in [0.2, 0.25) is 5.91 Å². The maximum Gasteiger partial charge on any atom is 0.305 e. The van der Waals surface area contributed by atoms with Crippen molar-refractivity contribution in [3.63, 3.8) is 0 Å². The fourth-order valence-corrected chi connectivity index (χ4v) is 10.4. The van der Waals surface area contributed by atoms with E-state index >= 15 is 0 Å². The van der Waals surface area contributed by atoms with Gasteiger partial charge in [-0.1, -0.05) is 321 Å². The molecule has 0 spiro atoms. The Bertz CT molecular complexity index is 1140. The Morgan fingerprint density at radius 2 is 0.644 bits per heavy atom. The molecule has 2 unspecified atom stereocenters. The number of aliphatic hydroxyl groups is 2. The molecule has 0 aliphatic carbocycles. The number of esters is 1. The zero-order chi connectivity index (χ0) is 52.9. The van der Waals surface area contributed by atoms with Gasteiger partial charge in [-0.2, -0.15) is 0 Å². The molecule has 0 radical (unpaired) electrons. The second-order valence-corrected chi connectivity index (χ2v) is 22.8. The summed E-state index contributed by atoms with van der Waals surface area (Å²) in [6, 6.07) is -0.639. The van der Waals surface area contributed by atoms with Crippen molar-refractivity contribution >= 4 is 11.9 Å². The second kappa shape index (κ2) is 62.9. The lowest BCUT2D eigenvalue weighted by Gasteiger charge is -2.20. The highest BCUT2D eigenvalue weighted by molar-refractivity contribution is 5.76. The quantitative estimate of drug-likeness (QED) is 0.0320. The topological polar surface area (TPSA) is 95.9 Å². The Balaban J connectivity index is 3.46. The predicted octanol–water partition coefficient (Wildman–Crippen LogP) is 21.0. The van der Waals surface area contributed by atoms with Crippen LogP contribution in [0.5, 0.6) is 0 Å². The summed E-state index contributed by atoms with van der Waals surface area (Å²) < 4.78 is 5.49. The van der Waals surface area contributed by atoms with Gasteiger partial charge in [-0.15, -0.1) is 0 Å². The monoisotopic (exact) mass is 1030 g/mol. The summed E-state index contributed by atoms with van der Waals surface area (Å²) in [5.74, 6) is -0.0854. The van der Waals surface area contributed by atoms with E-state index in [0.717, 1.165) is 57.8 Å². The lowest BCUT2D eigenvalue weighted by molar-refractivity contribution is -0.143. The van der Waals surface area contributed by atoms with Crippen molar-refractivity contribution in [1.82, 2.24) is 5.32 Å². The van der Waals surface area contributed by atoms with Gasteiger partial charge >= 0.3 is 5.97 Å². The van der Waals surface area contributed by atoms with Gasteiger partial charge < -0.3 is 20.3 Å². The van der Waals surface area contributed by atoms with E-state index in [2.05, 4.69) is 31.3 Å². The van der Waals surface area contributed by atoms with Crippen LogP contribution in [0.4, 0.5) is 0 Å². The first-order valence-corrected chi connectivity index (χ1v) is 33.1. The molecule has 0 heterocycles. The summed E-state index contributed by atoms with van der Waals surface area (Å²) in [5.41, 5.74) is 0. The van der Waals surface area contributed by atoms with Crippen LogP contribution in [0, 0.1) is 0 Å². The number of carbonyl (C=O) groups excluding carboxylic acids is 2. The van der Waals surface area contributed by atoms with Gasteiger partial charge in [-0.05, 0) is 57.8 Å². The van der Waals surface area contributed by atoms with Crippen LogP contribution in [0.3, 0.4) is 0 Å². The first kappa shape index (κ1) is 71.3. The fourth-order valence-electron chi connectivity index (χ4n) is 10.4. The molecular formula is C67H129NO5. The van der Waals surface area contributed by atoms with Gasteiger partial charge in [0.1, 0.15) is 0 Å². The van der Waals surface area contributed by atoms with Crippen molar-refractivity contribution < 1.29 is 24.5 Å². The van der Waals surface area contributed by atoms with Gasteiger partial charge in [0.15, 0.2) is 0 Å². The molecule has 3 N–H and O–H groups in total. The molecule has 73 heavy (non-hydrogen) atoms. The molecule has 0 saturated heterocycles. The number of nitrogens with one attached hydrogen (secondary N) is 1. The van der Waals surface area contributed by atoms with Crippen LogP contribution in [0.1, 0.15) is 367 Å². The van der Waals surface area contributed by atoms with Crippen LogP contribution in [0.25, 0.3) is 0 Å². The van der Waals surface area contributed by atoms with E-state index in [1.165, 1.54) is 283 Å². The van der Waals surface area contributed by atoms with Gasteiger partial charge in [-0.25, -0.2) is 0 Å². The number of carbonyl (C=O) groups is 2. The molecule has 2 atom stereocenters. The molecule has 0 rings (SSSR count). The number of amides is 1. The Morgan fingerprint density at radius 1 is 0.370 bits per heavy atom. The van der Waals surface area contributed by atoms with E-state index in [4.69, 9.17) is 4.74 Å². The SMILES string of the molecule is CCCCCCCCC/C=C\CCCCCCCCCC(=O)OCCCCCCCCCCCCCCCC(=O)NC(CO)C(O)/C=C/CCCCCCCCCCCCCCCCCCCCCCCCC.